The fourth-order valence-electron chi connectivity index (χ4n) is 0.719. The number of hydrogen-bond donors (Lipinski definition) is 0. The van der Waals surface area contributed by atoms with Gasteiger partial charge in [-0.3, -0.25) is 9.98 Å². The standard InChI is InChI=1S/C10H16N2/c1-6-7-10(9(4)11-5)12-8(2)3/h6-7H,5H2,1-4H3/b7-6-,10-9+. The normalized spacial score (nSPS) is 12.7. The molecule has 0 rings (SSSR count). The highest BCUT2D eigenvalue weighted by Crippen LogP contribution is 2.08. The van der Waals surface area contributed by atoms with Crippen molar-refractivity contribution < 1.29 is 0 Å². The van der Waals surface area contributed by atoms with Gasteiger partial charge in [-0.05, 0) is 40.5 Å². The van der Waals surface area contributed by atoms with Gasteiger partial charge in [0, 0.05) is 5.71 Å². The smallest absolute Gasteiger partial charge is 0.0837 e. The van der Waals surface area contributed by atoms with E-state index in [0.717, 1.165) is 17.1 Å². The van der Waals surface area contributed by atoms with Crippen LogP contribution >= 0.6 is 0 Å². The van der Waals surface area contributed by atoms with Gasteiger partial charge < -0.3 is 0 Å². The van der Waals surface area contributed by atoms with Crippen molar-refractivity contribution in [2.24, 2.45) is 9.98 Å². The zero-order valence-electron chi connectivity index (χ0n) is 8.26. The molecule has 0 amide bonds. The minimum absolute atomic E-state index is 0.856. The Kier molecular flexibility index (Phi) is 4.93. The Morgan fingerprint density at radius 1 is 1.25 bits per heavy atom. The van der Waals surface area contributed by atoms with E-state index in [1.165, 1.54) is 0 Å². The van der Waals surface area contributed by atoms with Crippen LogP contribution in [-0.2, 0) is 0 Å². The summed E-state index contributed by atoms with van der Waals surface area (Å²) in [6.07, 6.45) is 3.87. The molecule has 0 heterocycles. The molecule has 0 aromatic rings. The first-order valence-corrected chi connectivity index (χ1v) is 3.94. The highest BCUT2D eigenvalue weighted by atomic mass is 14.8. The summed E-state index contributed by atoms with van der Waals surface area (Å²) in [5.41, 5.74) is 2.76. The zero-order valence-corrected chi connectivity index (χ0v) is 8.26. The quantitative estimate of drug-likeness (QED) is 0.452. The van der Waals surface area contributed by atoms with Crippen LogP contribution in [-0.4, -0.2) is 12.4 Å². The first-order valence-electron chi connectivity index (χ1n) is 3.94. The topological polar surface area (TPSA) is 24.7 Å². The van der Waals surface area contributed by atoms with Crippen LogP contribution in [0, 0.1) is 0 Å². The molecule has 0 aliphatic carbocycles. The lowest BCUT2D eigenvalue weighted by atomic mass is 10.3. The summed E-state index contributed by atoms with van der Waals surface area (Å²) in [4.78, 5) is 8.14. The lowest BCUT2D eigenvalue weighted by molar-refractivity contribution is 1.21. The molecule has 0 radical (unpaired) electrons. The van der Waals surface area contributed by atoms with Gasteiger partial charge in [0.1, 0.15) is 0 Å². The molecule has 0 spiro atoms. The zero-order chi connectivity index (χ0) is 9.56. The molecule has 0 aromatic heterocycles. The maximum absolute atomic E-state index is 4.31. The van der Waals surface area contributed by atoms with E-state index in [1.54, 1.807) is 0 Å². The van der Waals surface area contributed by atoms with Gasteiger partial charge in [0.05, 0.1) is 11.4 Å². The number of aliphatic imine (C=N–C) groups is 2. The van der Waals surface area contributed by atoms with E-state index >= 15 is 0 Å². The van der Waals surface area contributed by atoms with E-state index in [9.17, 15) is 0 Å². The van der Waals surface area contributed by atoms with Crippen molar-refractivity contribution in [3.8, 4) is 0 Å². The molecular weight excluding hydrogens is 148 g/mol. The molecule has 0 fully saturated rings. The molecule has 0 aliphatic rings. The molecule has 0 aliphatic heterocycles. The SMILES string of the molecule is C=N/C(C)=C(\C=C/C)N=C(C)C. The molecule has 2 heteroatoms. The maximum Gasteiger partial charge on any atom is 0.0837 e. The second-order valence-corrected chi connectivity index (χ2v) is 2.69. The van der Waals surface area contributed by atoms with Crippen LogP contribution in [0.4, 0.5) is 0 Å². The first kappa shape index (κ1) is 10.8. The van der Waals surface area contributed by atoms with Gasteiger partial charge >= 0.3 is 0 Å². The van der Waals surface area contributed by atoms with E-state index in [2.05, 4.69) is 16.7 Å². The summed E-state index contributed by atoms with van der Waals surface area (Å²) in [5, 5.41) is 0. The Bertz CT molecular complexity index is 241. The third kappa shape index (κ3) is 3.86. The largest absolute Gasteiger partial charge is 0.267 e. The fraction of sp³-hybridized carbons (Fsp3) is 0.400. The van der Waals surface area contributed by atoms with Crippen molar-refractivity contribution in [2.45, 2.75) is 27.7 Å². The highest BCUT2D eigenvalue weighted by molar-refractivity contribution is 5.80. The van der Waals surface area contributed by atoms with Crippen molar-refractivity contribution in [3.05, 3.63) is 23.5 Å². The lowest BCUT2D eigenvalue weighted by Gasteiger charge is -1.98. The second kappa shape index (κ2) is 5.47. The first-order chi connectivity index (χ1) is 5.61. The van der Waals surface area contributed by atoms with E-state index in [0.29, 0.717) is 0 Å². The molecule has 12 heavy (non-hydrogen) atoms. The van der Waals surface area contributed by atoms with Gasteiger partial charge in [0.25, 0.3) is 0 Å². The second-order valence-electron chi connectivity index (χ2n) is 2.69. The van der Waals surface area contributed by atoms with Gasteiger partial charge in [-0.15, -0.1) is 0 Å². The molecule has 2 nitrogen and oxygen atoms in total. The highest BCUT2D eigenvalue weighted by Gasteiger charge is 1.93. The summed E-state index contributed by atoms with van der Waals surface area (Å²) >= 11 is 0. The molecule has 0 bridgehead atoms. The van der Waals surface area contributed by atoms with Gasteiger partial charge in [0.15, 0.2) is 0 Å². The van der Waals surface area contributed by atoms with Crippen molar-refractivity contribution in [2.75, 3.05) is 0 Å². The van der Waals surface area contributed by atoms with Crippen molar-refractivity contribution in [1.29, 1.82) is 0 Å². The van der Waals surface area contributed by atoms with E-state index in [4.69, 9.17) is 0 Å². The summed E-state index contributed by atoms with van der Waals surface area (Å²) in [5.74, 6) is 0. The predicted octanol–water partition coefficient (Wildman–Crippen LogP) is 2.98. The van der Waals surface area contributed by atoms with Crippen molar-refractivity contribution >= 4 is 12.4 Å². The third-order valence-corrected chi connectivity index (χ3v) is 1.28. The van der Waals surface area contributed by atoms with E-state index < -0.39 is 0 Å². The van der Waals surface area contributed by atoms with Crippen LogP contribution in [0.3, 0.4) is 0 Å². The van der Waals surface area contributed by atoms with Crippen LogP contribution in [0.5, 0.6) is 0 Å². The molecule has 0 saturated carbocycles. The summed E-state index contributed by atoms with van der Waals surface area (Å²) in [7, 11) is 0. The van der Waals surface area contributed by atoms with Crippen LogP contribution in [0.1, 0.15) is 27.7 Å². The molecule has 0 N–H and O–H groups in total. The van der Waals surface area contributed by atoms with E-state index in [1.807, 2.05) is 39.8 Å². The summed E-state index contributed by atoms with van der Waals surface area (Å²) < 4.78 is 0. The van der Waals surface area contributed by atoms with Crippen molar-refractivity contribution in [3.63, 3.8) is 0 Å². The Morgan fingerprint density at radius 3 is 2.17 bits per heavy atom. The summed E-state index contributed by atoms with van der Waals surface area (Å²) in [6, 6.07) is 0. The minimum atomic E-state index is 0.856. The molecule has 0 aromatic carbocycles. The Morgan fingerprint density at radius 2 is 1.83 bits per heavy atom. The molecule has 0 saturated heterocycles. The number of rotatable bonds is 3. The molecule has 0 atom stereocenters. The van der Waals surface area contributed by atoms with Crippen LogP contribution in [0.15, 0.2) is 33.5 Å². The van der Waals surface area contributed by atoms with Gasteiger partial charge in [-0.2, -0.15) is 0 Å². The van der Waals surface area contributed by atoms with Crippen LogP contribution in [0.2, 0.25) is 0 Å². The van der Waals surface area contributed by atoms with Gasteiger partial charge in [-0.25, -0.2) is 0 Å². The minimum Gasteiger partial charge on any atom is -0.267 e. The Hall–Kier alpha value is -1.18. The fourth-order valence-corrected chi connectivity index (χ4v) is 0.719. The van der Waals surface area contributed by atoms with Crippen LogP contribution < -0.4 is 0 Å². The average molecular weight is 164 g/mol. The third-order valence-electron chi connectivity index (χ3n) is 1.28. The number of hydrogen-bond acceptors (Lipinski definition) is 2. The Labute approximate surface area is 74.4 Å². The van der Waals surface area contributed by atoms with Crippen LogP contribution in [0.25, 0.3) is 0 Å². The van der Waals surface area contributed by atoms with Gasteiger partial charge in [0.2, 0.25) is 0 Å². The molecular formula is C10H16N2. The van der Waals surface area contributed by atoms with Crippen molar-refractivity contribution in [1.82, 2.24) is 0 Å². The average Bonchev–Trinajstić information content (AvgIpc) is 2.01. The molecule has 66 valence electrons. The predicted molar refractivity (Wildman–Crippen MR) is 55.8 cm³/mol. The van der Waals surface area contributed by atoms with E-state index in [-0.39, 0.29) is 0 Å². The molecule has 0 unspecified atom stereocenters. The summed E-state index contributed by atoms with van der Waals surface area (Å²) in [6.45, 7) is 11.2. The number of allylic oxidation sites excluding steroid dienone is 3. The maximum atomic E-state index is 4.31. The number of nitrogens with zero attached hydrogens (tertiary/aromatic N) is 2. The lowest BCUT2D eigenvalue weighted by Crippen LogP contribution is -1.85. The monoisotopic (exact) mass is 164 g/mol. The Balaban J connectivity index is 4.91. The van der Waals surface area contributed by atoms with Gasteiger partial charge in [-0.1, -0.05) is 6.08 Å².